The number of hydrogen-bond acceptors (Lipinski definition) is 6. The normalized spacial score (nSPS) is 13.3. The van der Waals surface area contributed by atoms with Crippen LogP contribution in [0.5, 0.6) is 0 Å². The summed E-state index contributed by atoms with van der Waals surface area (Å²) in [5.41, 5.74) is 2.44. The summed E-state index contributed by atoms with van der Waals surface area (Å²) in [7, 11) is -9.21. The first-order chi connectivity index (χ1) is 17.9. The van der Waals surface area contributed by atoms with Crippen LogP contribution in [0.2, 0.25) is 0 Å². The van der Waals surface area contributed by atoms with E-state index in [0.717, 1.165) is 11.1 Å². The number of benzene rings is 2. The molecule has 0 unspecified atom stereocenters. The topological polar surface area (TPSA) is 102 Å². The lowest BCUT2D eigenvalue weighted by atomic mass is 9.87. The number of rotatable bonds is 6. The van der Waals surface area contributed by atoms with Gasteiger partial charge in [0.1, 0.15) is 0 Å². The van der Waals surface area contributed by atoms with Gasteiger partial charge in [0.2, 0.25) is 0 Å². The van der Waals surface area contributed by atoms with E-state index in [2.05, 4.69) is 10.1 Å². The highest BCUT2D eigenvalue weighted by Crippen LogP contribution is 2.33. The summed E-state index contributed by atoms with van der Waals surface area (Å²) in [6.07, 6.45) is 1.39. The maximum absolute atomic E-state index is 14.2. The standard InChI is InChI=1S/C29H36N4O4S2/c1-20(2)25-19-26-30-18-17-27(32(26)31-25)33(38(34,35)23-13-9-21(10-14-23)28(3,4)5)39(36,37)24-15-11-22(12-16-24)29(6,7)8/h9-20H,1-8H3. The van der Waals surface area contributed by atoms with Gasteiger partial charge in [-0.15, -0.1) is 3.71 Å². The molecule has 39 heavy (non-hydrogen) atoms. The van der Waals surface area contributed by atoms with Crippen molar-refractivity contribution in [3.8, 4) is 0 Å². The molecule has 10 heteroatoms. The van der Waals surface area contributed by atoms with E-state index >= 15 is 0 Å². The third-order valence-corrected chi connectivity index (χ3v) is 10.8. The smallest absolute Gasteiger partial charge is 0.237 e. The van der Waals surface area contributed by atoms with Crippen LogP contribution >= 0.6 is 0 Å². The summed E-state index contributed by atoms with van der Waals surface area (Å²) < 4.78 is 58.6. The van der Waals surface area contributed by atoms with Crippen LogP contribution in [0, 0.1) is 0 Å². The van der Waals surface area contributed by atoms with Crippen molar-refractivity contribution in [1.82, 2.24) is 14.6 Å². The van der Waals surface area contributed by atoms with Crippen LogP contribution in [0.25, 0.3) is 5.65 Å². The van der Waals surface area contributed by atoms with Crippen LogP contribution in [0.3, 0.4) is 0 Å². The molecule has 2 heterocycles. The van der Waals surface area contributed by atoms with Crippen LogP contribution in [-0.4, -0.2) is 31.4 Å². The Balaban J connectivity index is 1.98. The molecule has 8 nitrogen and oxygen atoms in total. The summed E-state index contributed by atoms with van der Waals surface area (Å²) in [4.78, 5) is 4.00. The second-order valence-corrected chi connectivity index (χ2v) is 15.9. The molecule has 0 spiro atoms. The highest BCUT2D eigenvalue weighted by molar-refractivity contribution is 8.10. The van der Waals surface area contributed by atoms with Crippen molar-refractivity contribution in [1.29, 1.82) is 0 Å². The van der Waals surface area contributed by atoms with Crippen LogP contribution in [0.15, 0.2) is 76.7 Å². The maximum Gasteiger partial charge on any atom is 0.279 e. The van der Waals surface area contributed by atoms with Crippen molar-refractivity contribution in [2.75, 3.05) is 3.71 Å². The first kappa shape index (κ1) is 28.8. The van der Waals surface area contributed by atoms with Crippen LogP contribution in [0.1, 0.15) is 78.1 Å². The molecule has 0 saturated carbocycles. The molecule has 0 aliphatic rings. The van der Waals surface area contributed by atoms with E-state index in [1.54, 1.807) is 30.3 Å². The van der Waals surface area contributed by atoms with Gasteiger partial charge in [-0.3, -0.25) is 0 Å². The van der Waals surface area contributed by atoms with Crippen LogP contribution in [-0.2, 0) is 30.9 Å². The summed E-state index contributed by atoms with van der Waals surface area (Å²) >= 11 is 0. The fraction of sp³-hybridized carbons (Fsp3) is 0.379. The van der Waals surface area contributed by atoms with Gasteiger partial charge in [-0.25, -0.2) is 4.98 Å². The highest BCUT2D eigenvalue weighted by Gasteiger charge is 2.39. The minimum Gasteiger partial charge on any atom is -0.237 e. The van der Waals surface area contributed by atoms with Crippen molar-refractivity contribution >= 4 is 31.5 Å². The van der Waals surface area contributed by atoms with Crippen molar-refractivity contribution in [3.05, 3.63) is 83.7 Å². The molecule has 4 rings (SSSR count). The molecule has 0 radical (unpaired) electrons. The Kier molecular flexibility index (Phi) is 7.19. The van der Waals surface area contributed by atoms with Crippen LogP contribution in [0.4, 0.5) is 5.82 Å². The number of hydrogen-bond donors (Lipinski definition) is 0. The minimum atomic E-state index is -4.61. The highest BCUT2D eigenvalue weighted by atomic mass is 32.3. The number of aromatic nitrogens is 3. The third-order valence-electron chi connectivity index (χ3n) is 6.61. The molecule has 0 bridgehead atoms. The summed E-state index contributed by atoms with van der Waals surface area (Å²) in [6.45, 7) is 16.0. The van der Waals surface area contributed by atoms with E-state index in [1.807, 2.05) is 55.4 Å². The molecule has 208 valence electrons. The zero-order valence-electron chi connectivity index (χ0n) is 23.7. The zero-order valence-corrected chi connectivity index (χ0v) is 25.3. The average molecular weight is 569 g/mol. The first-order valence-electron chi connectivity index (χ1n) is 12.8. The van der Waals surface area contributed by atoms with E-state index in [-0.39, 0.29) is 32.4 Å². The number of nitrogens with zero attached hydrogens (tertiary/aromatic N) is 4. The molecular formula is C29H36N4O4S2. The Morgan fingerprint density at radius 1 is 0.718 bits per heavy atom. The number of sulfonamides is 2. The Morgan fingerprint density at radius 3 is 1.54 bits per heavy atom. The first-order valence-corrected chi connectivity index (χ1v) is 15.7. The van der Waals surface area contributed by atoms with Gasteiger partial charge in [-0.1, -0.05) is 79.7 Å². The molecule has 2 aromatic carbocycles. The second kappa shape index (κ2) is 9.75. The summed E-state index contributed by atoms with van der Waals surface area (Å²) in [6, 6.07) is 15.7. The van der Waals surface area contributed by atoms with Gasteiger partial charge in [-0.05, 0) is 52.1 Å². The van der Waals surface area contributed by atoms with E-state index in [1.165, 1.54) is 41.0 Å². The fourth-order valence-electron chi connectivity index (χ4n) is 4.14. The predicted molar refractivity (Wildman–Crippen MR) is 154 cm³/mol. The van der Waals surface area contributed by atoms with Gasteiger partial charge >= 0.3 is 0 Å². The maximum atomic E-state index is 14.2. The third kappa shape index (κ3) is 5.45. The van der Waals surface area contributed by atoms with Crippen LogP contribution < -0.4 is 3.71 Å². The van der Waals surface area contributed by atoms with Gasteiger partial charge in [0.15, 0.2) is 11.5 Å². The zero-order chi connectivity index (χ0) is 29.0. The SMILES string of the molecule is CC(C)c1cc2nccc(N(S(=O)(=O)c3ccc(C(C)(C)C)cc3)S(=O)(=O)c3ccc(C(C)(C)C)cc3)n2n1. The molecule has 0 saturated heterocycles. The quantitative estimate of drug-likeness (QED) is 0.281. The largest absolute Gasteiger partial charge is 0.279 e. The van der Waals surface area contributed by atoms with E-state index < -0.39 is 20.0 Å². The Hall–Kier alpha value is -3.24. The van der Waals surface area contributed by atoms with Crippen molar-refractivity contribution in [3.63, 3.8) is 0 Å². The molecule has 0 amide bonds. The average Bonchev–Trinajstić information content (AvgIpc) is 3.29. The lowest BCUT2D eigenvalue weighted by Crippen LogP contribution is -2.38. The molecule has 0 atom stereocenters. The molecular weight excluding hydrogens is 532 g/mol. The number of anilines is 1. The predicted octanol–water partition coefficient (Wildman–Crippen LogP) is 6.03. The van der Waals surface area contributed by atoms with Gasteiger partial charge < -0.3 is 0 Å². The summed E-state index contributed by atoms with van der Waals surface area (Å²) in [5, 5.41) is 4.52. The lowest BCUT2D eigenvalue weighted by molar-refractivity contribution is 0.578. The molecule has 4 aromatic rings. The van der Waals surface area contributed by atoms with Crippen molar-refractivity contribution < 1.29 is 16.8 Å². The molecule has 0 fully saturated rings. The van der Waals surface area contributed by atoms with Gasteiger partial charge in [0.25, 0.3) is 20.0 Å². The van der Waals surface area contributed by atoms with Crippen molar-refractivity contribution in [2.45, 2.75) is 81.9 Å². The lowest BCUT2D eigenvalue weighted by Gasteiger charge is -2.25. The Morgan fingerprint density at radius 2 is 1.15 bits per heavy atom. The minimum absolute atomic E-state index is 0.0242. The van der Waals surface area contributed by atoms with Crippen molar-refractivity contribution in [2.24, 2.45) is 0 Å². The molecule has 0 aliphatic heterocycles. The van der Waals surface area contributed by atoms with E-state index in [4.69, 9.17) is 0 Å². The Bertz CT molecular complexity index is 1620. The molecule has 0 aliphatic carbocycles. The van der Waals surface area contributed by atoms with Gasteiger partial charge in [0.05, 0.1) is 15.5 Å². The van der Waals surface area contributed by atoms with Gasteiger partial charge in [0, 0.05) is 18.3 Å². The van der Waals surface area contributed by atoms with Gasteiger partial charge in [-0.2, -0.15) is 26.4 Å². The molecule has 2 aromatic heterocycles. The fourth-order valence-corrected chi connectivity index (χ4v) is 7.80. The summed E-state index contributed by atoms with van der Waals surface area (Å²) in [5.74, 6) is -0.122. The molecule has 0 N–H and O–H groups in total. The number of fused-ring (bicyclic) bond motifs is 1. The van der Waals surface area contributed by atoms with E-state index in [0.29, 0.717) is 15.1 Å². The monoisotopic (exact) mass is 568 g/mol. The Labute approximate surface area is 231 Å². The van der Waals surface area contributed by atoms with E-state index in [9.17, 15) is 16.8 Å². The second-order valence-electron chi connectivity index (χ2n) is 12.1.